The maximum atomic E-state index is 12.8. The van der Waals surface area contributed by atoms with E-state index in [9.17, 15) is 19.4 Å². The molecular weight excluding hydrogens is 635 g/mol. The maximum absolute atomic E-state index is 12.8. The Morgan fingerprint density at radius 1 is 0.694 bits per heavy atom. The van der Waals surface area contributed by atoms with E-state index in [-0.39, 0.29) is 19.1 Å². The summed E-state index contributed by atoms with van der Waals surface area (Å²) in [5.41, 5.74) is 0. The third kappa shape index (κ3) is 35.2. The predicted molar refractivity (Wildman–Crippen MR) is 208 cm³/mol. The van der Waals surface area contributed by atoms with Crippen LogP contribution in [-0.2, 0) is 18.4 Å². The molecule has 0 aliphatic rings. The Labute approximate surface area is 303 Å². The largest absolute Gasteiger partial charge is 0.472 e. The van der Waals surface area contributed by atoms with Gasteiger partial charge in [-0.05, 0) is 19.3 Å². The van der Waals surface area contributed by atoms with Gasteiger partial charge in [-0.1, -0.05) is 173 Å². The van der Waals surface area contributed by atoms with Gasteiger partial charge < -0.3 is 19.8 Å². The van der Waals surface area contributed by atoms with E-state index in [0.717, 1.165) is 32.1 Å². The zero-order valence-electron chi connectivity index (χ0n) is 32.7. The molecule has 290 valence electrons. The van der Waals surface area contributed by atoms with Gasteiger partial charge in [-0.15, -0.1) is 0 Å². The molecule has 0 radical (unpaired) electrons. The first-order chi connectivity index (χ1) is 23.5. The number of likely N-dealkylation sites (N-methyl/N-ethyl adjacent to an activating group) is 1. The molecule has 0 rings (SSSR count). The number of nitrogens with zero attached hydrogens (tertiary/aromatic N) is 1. The number of hydrogen-bond donors (Lipinski definition) is 3. The molecule has 0 fully saturated rings. The topological polar surface area (TPSA) is 105 Å². The van der Waals surface area contributed by atoms with Crippen LogP contribution in [0, 0.1) is 0 Å². The summed E-state index contributed by atoms with van der Waals surface area (Å²) in [4.78, 5) is 23.0. The third-order valence-electron chi connectivity index (χ3n) is 8.98. The molecule has 1 unspecified atom stereocenters. The number of hydrogen-bond acceptors (Lipinski definition) is 5. The molecular formula is C40H80N2O6P+. The van der Waals surface area contributed by atoms with Crippen LogP contribution in [0.15, 0.2) is 24.3 Å². The molecule has 0 spiro atoms. The van der Waals surface area contributed by atoms with Crippen LogP contribution in [0.1, 0.15) is 174 Å². The lowest BCUT2D eigenvalue weighted by Gasteiger charge is -2.25. The molecule has 0 saturated carbocycles. The smallest absolute Gasteiger partial charge is 0.387 e. The summed E-state index contributed by atoms with van der Waals surface area (Å²) in [6, 6.07) is -0.871. The van der Waals surface area contributed by atoms with Crippen molar-refractivity contribution in [2.75, 3.05) is 40.9 Å². The molecule has 0 aromatic heterocycles. The average molecular weight is 716 g/mol. The second kappa shape index (κ2) is 32.9. The molecule has 0 heterocycles. The minimum absolute atomic E-state index is 0.0550. The van der Waals surface area contributed by atoms with Gasteiger partial charge in [-0.25, -0.2) is 4.57 Å². The van der Waals surface area contributed by atoms with E-state index < -0.39 is 20.0 Å². The molecule has 0 aliphatic heterocycles. The molecule has 3 atom stereocenters. The van der Waals surface area contributed by atoms with Crippen molar-refractivity contribution in [2.24, 2.45) is 0 Å². The van der Waals surface area contributed by atoms with E-state index >= 15 is 0 Å². The lowest BCUT2D eigenvalue weighted by Crippen LogP contribution is -2.45. The van der Waals surface area contributed by atoms with Crippen molar-refractivity contribution in [3.8, 4) is 0 Å². The van der Waals surface area contributed by atoms with Gasteiger partial charge in [-0.3, -0.25) is 13.8 Å². The van der Waals surface area contributed by atoms with Crippen LogP contribution in [0.3, 0.4) is 0 Å². The lowest BCUT2D eigenvalue weighted by molar-refractivity contribution is -0.870. The number of aliphatic hydroxyl groups is 1. The number of unbranched alkanes of at least 4 members (excludes halogenated alkanes) is 22. The number of carbonyl (C=O) groups excluding carboxylic acids is 1. The SMILES string of the molecule is CCCCCCCC/C=C/C=C/[C@@H](O)[C@H](COP(=O)(O)OCC[N+](C)(C)C)NC(=O)CCCCCCCCCCCCCCCCCCC. The van der Waals surface area contributed by atoms with Crippen LogP contribution in [0.2, 0.25) is 0 Å². The van der Waals surface area contributed by atoms with Gasteiger partial charge in [0.15, 0.2) is 0 Å². The summed E-state index contributed by atoms with van der Waals surface area (Å²) < 4.78 is 23.4. The minimum atomic E-state index is -4.34. The summed E-state index contributed by atoms with van der Waals surface area (Å²) in [6.07, 6.45) is 36.9. The van der Waals surface area contributed by atoms with E-state index in [4.69, 9.17) is 9.05 Å². The summed E-state index contributed by atoms with van der Waals surface area (Å²) in [6.45, 7) is 4.74. The standard InChI is InChI=1S/C40H79N2O6P/c1-6-8-10-12-14-16-18-19-20-21-22-23-24-26-28-30-32-34-40(44)41-38(37-48-49(45,46)47-36-35-42(3,4)5)39(43)33-31-29-27-25-17-15-13-11-9-7-2/h27,29,31,33,38-39,43H,6-26,28,30,32,34-37H2,1-5H3,(H-,41,44,45,46)/p+1/b29-27+,33-31+/t38-,39+/m0/s1. The van der Waals surface area contributed by atoms with Crippen LogP contribution >= 0.6 is 7.82 Å². The first kappa shape index (κ1) is 48.0. The van der Waals surface area contributed by atoms with Gasteiger partial charge in [0.25, 0.3) is 0 Å². The molecule has 0 aromatic carbocycles. The average Bonchev–Trinajstić information content (AvgIpc) is 3.04. The predicted octanol–water partition coefficient (Wildman–Crippen LogP) is 10.6. The molecule has 8 nitrogen and oxygen atoms in total. The van der Waals surface area contributed by atoms with Crippen LogP contribution in [0.25, 0.3) is 0 Å². The van der Waals surface area contributed by atoms with Gasteiger partial charge in [-0.2, -0.15) is 0 Å². The fourth-order valence-electron chi connectivity index (χ4n) is 5.69. The third-order valence-corrected chi connectivity index (χ3v) is 9.96. The molecule has 1 amide bonds. The van der Waals surface area contributed by atoms with Crippen molar-refractivity contribution >= 4 is 13.7 Å². The number of rotatable bonds is 36. The monoisotopic (exact) mass is 716 g/mol. The molecule has 0 aliphatic carbocycles. The molecule has 0 aromatic rings. The van der Waals surface area contributed by atoms with Gasteiger partial charge >= 0.3 is 7.82 Å². The van der Waals surface area contributed by atoms with Crippen molar-refractivity contribution in [3.63, 3.8) is 0 Å². The number of allylic oxidation sites excluding steroid dienone is 3. The van der Waals surface area contributed by atoms with E-state index in [1.165, 1.54) is 122 Å². The van der Waals surface area contributed by atoms with E-state index in [0.29, 0.717) is 17.4 Å². The number of carbonyl (C=O) groups is 1. The highest BCUT2D eigenvalue weighted by atomic mass is 31.2. The van der Waals surface area contributed by atoms with Crippen molar-refractivity contribution < 1.29 is 32.9 Å². The highest BCUT2D eigenvalue weighted by Crippen LogP contribution is 2.43. The Balaban J connectivity index is 4.43. The van der Waals surface area contributed by atoms with Crippen LogP contribution in [-0.4, -0.2) is 73.4 Å². The van der Waals surface area contributed by atoms with Crippen LogP contribution < -0.4 is 5.32 Å². The number of nitrogens with one attached hydrogen (secondary N) is 1. The zero-order valence-corrected chi connectivity index (χ0v) is 33.6. The lowest BCUT2D eigenvalue weighted by atomic mass is 10.0. The quantitative estimate of drug-likeness (QED) is 0.0258. The summed E-state index contributed by atoms with van der Waals surface area (Å²) in [5, 5.41) is 13.7. The van der Waals surface area contributed by atoms with E-state index in [1.807, 2.05) is 27.2 Å². The minimum Gasteiger partial charge on any atom is -0.387 e. The van der Waals surface area contributed by atoms with Crippen molar-refractivity contribution in [3.05, 3.63) is 24.3 Å². The number of aliphatic hydroxyl groups excluding tert-OH is 1. The van der Waals surface area contributed by atoms with Gasteiger partial charge in [0, 0.05) is 6.42 Å². The van der Waals surface area contributed by atoms with Gasteiger partial charge in [0.2, 0.25) is 5.91 Å². The summed E-state index contributed by atoms with van der Waals surface area (Å²) >= 11 is 0. The van der Waals surface area contributed by atoms with Crippen LogP contribution in [0.4, 0.5) is 0 Å². The van der Waals surface area contributed by atoms with Crippen LogP contribution in [0.5, 0.6) is 0 Å². The second-order valence-electron chi connectivity index (χ2n) is 15.1. The molecule has 9 heteroatoms. The molecule has 49 heavy (non-hydrogen) atoms. The number of phosphoric ester groups is 1. The first-order valence-electron chi connectivity index (χ1n) is 20.2. The van der Waals surface area contributed by atoms with E-state index in [2.05, 4.69) is 25.2 Å². The number of quaternary nitrogens is 1. The highest BCUT2D eigenvalue weighted by Gasteiger charge is 2.27. The fraction of sp³-hybridized carbons (Fsp3) is 0.875. The van der Waals surface area contributed by atoms with E-state index in [1.54, 1.807) is 12.2 Å². The Morgan fingerprint density at radius 2 is 1.14 bits per heavy atom. The van der Waals surface area contributed by atoms with Gasteiger partial charge in [0.1, 0.15) is 13.2 Å². The number of amides is 1. The zero-order chi connectivity index (χ0) is 36.5. The highest BCUT2D eigenvalue weighted by molar-refractivity contribution is 7.47. The Morgan fingerprint density at radius 3 is 1.61 bits per heavy atom. The normalized spacial score (nSPS) is 14.8. The Bertz CT molecular complexity index is 860. The van der Waals surface area contributed by atoms with Crippen molar-refractivity contribution in [1.29, 1.82) is 0 Å². The number of phosphoric acid groups is 1. The Hall–Kier alpha value is -1.02. The molecule has 0 bridgehead atoms. The fourth-order valence-corrected chi connectivity index (χ4v) is 6.42. The summed E-state index contributed by atoms with van der Waals surface area (Å²) in [5.74, 6) is -0.195. The molecule has 0 saturated heterocycles. The second-order valence-corrected chi connectivity index (χ2v) is 16.5. The summed E-state index contributed by atoms with van der Waals surface area (Å²) in [7, 11) is 1.55. The maximum Gasteiger partial charge on any atom is 0.472 e. The van der Waals surface area contributed by atoms with Gasteiger partial charge in [0.05, 0.1) is 39.9 Å². The van der Waals surface area contributed by atoms with Crippen molar-refractivity contribution in [1.82, 2.24) is 5.32 Å². The molecule has 3 N–H and O–H groups in total. The first-order valence-corrected chi connectivity index (χ1v) is 21.7. The van der Waals surface area contributed by atoms with Crippen molar-refractivity contribution in [2.45, 2.75) is 187 Å². The Kier molecular flexibility index (Phi) is 32.2.